The summed E-state index contributed by atoms with van der Waals surface area (Å²) >= 11 is 0.740. The van der Waals surface area contributed by atoms with Crippen molar-refractivity contribution in [1.29, 1.82) is 0 Å². The van der Waals surface area contributed by atoms with Gasteiger partial charge < -0.3 is 20.3 Å². The van der Waals surface area contributed by atoms with Gasteiger partial charge in [0.1, 0.15) is 23.3 Å². The Hall–Kier alpha value is -4.18. The highest BCUT2D eigenvalue weighted by molar-refractivity contribution is 7.22. The highest BCUT2D eigenvalue weighted by atomic mass is 32.1. The van der Waals surface area contributed by atoms with Crippen LogP contribution in [0.1, 0.15) is 31.2 Å². The first-order valence-electron chi connectivity index (χ1n) is 15.9. The second-order valence-corrected chi connectivity index (χ2v) is 14.1. The number of thiazole rings is 1. The summed E-state index contributed by atoms with van der Waals surface area (Å²) in [6.07, 6.45) is -2.17. The number of hydrogen-bond acceptors (Lipinski definition) is 9. The molecule has 9 nitrogen and oxygen atoms in total. The lowest BCUT2D eigenvalue weighted by atomic mass is 9.95. The molecule has 0 unspecified atom stereocenters. The molecule has 1 saturated carbocycles. The van der Waals surface area contributed by atoms with Crippen LogP contribution in [0.25, 0.3) is 32.2 Å². The van der Waals surface area contributed by atoms with E-state index < -0.39 is 40.6 Å². The number of alkyl halides is 4. The molecule has 2 N–H and O–H groups in total. The average Bonchev–Trinajstić information content (AvgIpc) is 3.37. The summed E-state index contributed by atoms with van der Waals surface area (Å²) in [5.41, 5.74) is 2.39. The Morgan fingerprint density at radius 1 is 1.16 bits per heavy atom. The zero-order valence-electron chi connectivity index (χ0n) is 26.5. The van der Waals surface area contributed by atoms with Crippen LogP contribution in [0.5, 0.6) is 6.01 Å². The molecule has 0 spiro atoms. The molecule has 3 aliphatic rings. The Kier molecular flexibility index (Phi) is 8.37. The Balaban J connectivity index is 1.35. The van der Waals surface area contributed by atoms with Gasteiger partial charge in [-0.05, 0) is 50.0 Å². The maximum atomic E-state index is 16.9. The molecule has 7 rings (SSSR count). The van der Waals surface area contributed by atoms with Gasteiger partial charge in [0.25, 0.3) is 0 Å². The fourth-order valence-electron chi connectivity index (χ4n) is 6.91. The summed E-state index contributed by atoms with van der Waals surface area (Å²) in [6, 6.07) is 2.17. The van der Waals surface area contributed by atoms with Crippen molar-refractivity contribution in [3.8, 4) is 17.1 Å². The molecule has 2 saturated heterocycles. The van der Waals surface area contributed by atoms with E-state index in [2.05, 4.69) is 21.5 Å². The molecule has 260 valence electrons. The summed E-state index contributed by atoms with van der Waals surface area (Å²) in [5.74, 6) is -2.37. The lowest BCUT2D eigenvalue weighted by Gasteiger charge is -2.28. The van der Waals surface area contributed by atoms with Crippen LogP contribution >= 0.6 is 11.3 Å². The van der Waals surface area contributed by atoms with Gasteiger partial charge in [-0.3, -0.25) is 9.69 Å². The first kappa shape index (κ1) is 33.3. The van der Waals surface area contributed by atoms with Crippen molar-refractivity contribution < 1.29 is 35.9 Å². The number of nitrogens with two attached hydrogens (primary N) is 1. The van der Waals surface area contributed by atoms with Crippen LogP contribution < -0.4 is 15.4 Å². The molecule has 2 aromatic carbocycles. The SMILES string of the molecule is C=CC(=O)N1CC[C@@H](N(C)c2nc(OCC3(CN4CC[C@@H](F)C4)CC3)nc3c(F)c(-c4ccc(F)c5sc(N)nc45)c(C(F)(F)F)cc23)C1. The van der Waals surface area contributed by atoms with Gasteiger partial charge in [-0.2, -0.15) is 23.1 Å². The molecule has 0 radical (unpaired) electrons. The van der Waals surface area contributed by atoms with E-state index in [1.165, 1.54) is 6.08 Å². The van der Waals surface area contributed by atoms with Crippen LogP contribution in [0.3, 0.4) is 0 Å². The number of anilines is 2. The van der Waals surface area contributed by atoms with E-state index in [0.717, 1.165) is 42.4 Å². The van der Waals surface area contributed by atoms with Gasteiger partial charge in [-0.25, -0.2) is 18.2 Å². The van der Waals surface area contributed by atoms with Gasteiger partial charge >= 0.3 is 12.2 Å². The van der Waals surface area contributed by atoms with Gasteiger partial charge in [-0.15, -0.1) is 0 Å². The number of nitrogens with zero attached hydrogens (tertiary/aromatic N) is 6. The number of ether oxygens (including phenoxy) is 1. The predicted molar refractivity (Wildman–Crippen MR) is 174 cm³/mol. The largest absolute Gasteiger partial charge is 0.463 e. The molecule has 1 aliphatic carbocycles. The van der Waals surface area contributed by atoms with Crippen molar-refractivity contribution in [2.75, 3.05) is 57.0 Å². The molecule has 4 aromatic rings. The van der Waals surface area contributed by atoms with E-state index in [1.54, 1.807) is 16.8 Å². The summed E-state index contributed by atoms with van der Waals surface area (Å²) in [7, 11) is 1.61. The summed E-state index contributed by atoms with van der Waals surface area (Å²) < 4.78 is 95.8. The number of rotatable bonds is 9. The zero-order valence-corrected chi connectivity index (χ0v) is 27.3. The van der Waals surface area contributed by atoms with Crippen LogP contribution in [0.15, 0.2) is 30.9 Å². The Bertz CT molecular complexity index is 1970. The Morgan fingerprint density at radius 2 is 1.94 bits per heavy atom. The first-order valence-corrected chi connectivity index (χ1v) is 16.7. The molecule has 4 heterocycles. The average molecular weight is 706 g/mol. The molecule has 2 aromatic heterocycles. The molecule has 16 heteroatoms. The third-order valence-corrected chi connectivity index (χ3v) is 10.6. The summed E-state index contributed by atoms with van der Waals surface area (Å²) in [5, 5.41) is -0.316. The number of nitrogen functional groups attached to an aromatic ring is 1. The smallest absolute Gasteiger partial charge is 0.417 e. The van der Waals surface area contributed by atoms with Gasteiger partial charge in [0, 0.05) is 67.7 Å². The second kappa shape index (κ2) is 12.3. The number of likely N-dealkylation sites (N-methyl/N-ethyl adjacent to an activating group) is 1. The number of hydrogen-bond donors (Lipinski definition) is 1. The number of carbonyl (C=O) groups excluding carboxylic acids is 1. The van der Waals surface area contributed by atoms with Crippen LogP contribution in [0.4, 0.5) is 37.3 Å². The number of halogens is 6. The topological polar surface area (TPSA) is 101 Å². The highest BCUT2D eigenvalue weighted by Gasteiger charge is 2.46. The van der Waals surface area contributed by atoms with Crippen molar-refractivity contribution in [1.82, 2.24) is 24.8 Å². The standard InChI is InChI=1S/C33H33F6N7O2S/c1-3-23(47)46-11-7-18(14-46)44(2)29-20-12-21(33(37,38)39)24(19-4-5-22(35)28-27(19)41-30(40)49-28)25(36)26(20)42-31(43-29)48-16-32(8-9-32)15-45-10-6-17(34)13-45/h3-5,12,17-18H,1,6-11,13-16H2,2H3,(H2,40,41)/t17-,18-/m1/s1. The molecule has 49 heavy (non-hydrogen) atoms. The number of aromatic nitrogens is 3. The van der Waals surface area contributed by atoms with E-state index in [-0.39, 0.29) is 68.6 Å². The maximum absolute atomic E-state index is 16.9. The molecule has 2 atom stereocenters. The zero-order chi connectivity index (χ0) is 34.8. The van der Waals surface area contributed by atoms with E-state index in [1.807, 2.05) is 4.90 Å². The van der Waals surface area contributed by atoms with Crippen molar-refractivity contribution in [2.45, 2.75) is 44.1 Å². The van der Waals surface area contributed by atoms with Gasteiger partial charge in [0.2, 0.25) is 5.91 Å². The first-order chi connectivity index (χ1) is 23.3. The van der Waals surface area contributed by atoms with Gasteiger partial charge in [0.05, 0.1) is 22.4 Å². The van der Waals surface area contributed by atoms with Gasteiger partial charge in [-0.1, -0.05) is 17.9 Å². The molecule has 2 aliphatic heterocycles. The third kappa shape index (κ3) is 6.24. The summed E-state index contributed by atoms with van der Waals surface area (Å²) in [6.45, 7) is 5.87. The Labute approximate surface area is 281 Å². The number of carbonyl (C=O) groups is 1. The third-order valence-electron chi connectivity index (χ3n) is 9.75. The van der Waals surface area contributed by atoms with Crippen LogP contribution in [0.2, 0.25) is 0 Å². The van der Waals surface area contributed by atoms with Crippen LogP contribution in [0, 0.1) is 17.0 Å². The summed E-state index contributed by atoms with van der Waals surface area (Å²) in [4.78, 5) is 30.4. The minimum atomic E-state index is -5.05. The van der Waals surface area contributed by atoms with E-state index in [4.69, 9.17) is 10.5 Å². The molecular weight excluding hydrogens is 672 g/mol. The van der Waals surface area contributed by atoms with E-state index in [9.17, 15) is 26.7 Å². The molecule has 3 fully saturated rings. The fourth-order valence-corrected chi connectivity index (χ4v) is 7.68. The fraction of sp³-hybridized carbons (Fsp3) is 0.455. The molecule has 1 amide bonds. The maximum Gasteiger partial charge on any atom is 0.417 e. The van der Waals surface area contributed by atoms with E-state index >= 15 is 4.39 Å². The quantitative estimate of drug-likeness (QED) is 0.162. The van der Waals surface area contributed by atoms with Crippen molar-refractivity contribution >= 4 is 49.3 Å². The van der Waals surface area contributed by atoms with Gasteiger partial charge in [0.15, 0.2) is 10.9 Å². The number of benzene rings is 2. The van der Waals surface area contributed by atoms with E-state index in [0.29, 0.717) is 39.0 Å². The Morgan fingerprint density at radius 3 is 2.61 bits per heavy atom. The highest BCUT2D eigenvalue weighted by Crippen LogP contribution is 2.48. The van der Waals surface area contributed by atoms with Crippen LogP contribution in [-0.4, -0.2) is 89.3 Å². The number of likely N-dealkylation sites (tertiary alicyclic amines) is 2. The molecule has 0 bridgehead atoms. The van der Waals surface area contributed by atoms with Crippen LogP contribution in [-0.2, 0) is 11.0 Å². The predicted octanol–water partition coefficient (Wildman–Crippen LogP) is 6.21. The number of fused-ring (bicyclic) bond motifs is 2. The minimum Gasteiger partial charge on any atom is -0.463 e. The van der Waals surface area contributed by atoms with Crippen molar-refractivity contribution in [2.24, 2.45) is 5.41 Å². The lowest BCUT2D eigenvalue weighted by Crippen LogP contribution is -2.36. The molecular formula is C33H33F6N7O2S. The normalized spacial score (nSPS) is 20.8. The number of amides is 1. The second-order valence-electron chi connectivity index (χ2n) is 13.1. The van der Waals surface area contributed by atoms with Crippen molar-refractivity contribution in [3.63, 3.8) is 0 Å². The minimum absolute atomic E-state index is 0.0133. The van der Waals surface area contributed by atoms with Crippen molar-refractivity contribution in [3.05, 3.63) is 48.1 Å². The lowest BCUT2D eigenvalue weighted by molar-refractivity contribution is -0.137. The monoisotopic (exact) mass is 705 g/mol.